The van der Waals surface area contributed by atoms with Gasteiger partial charge in [0.05, 0.1) is 23.9 Å². The Bertz CT molecular complexity index is 915. The summed E-state index contributed by atoms with van der Waals surface area (Å²) in [6, 6.07) is 15.1. The number of aliphatic hydroxyl groups is 1. The monoisotopic (exact) mass is 397 g/mol. The molecule has 2 aromatic rings. The molecule has 2 atom stereocenters. The summed E-state index contributed by atoms with van der Waals surface area (Å²) in [5.74, 6) is -0.586. The van der Waals surface area contributed by atoms with Crippen LogP contribution in [-0.4, -0.2) is 58.1 Å². The first-order chi connectivity index (χ1) is 14.0. The minimum absolute atomic E-state index is 0.0367. The van der Waals surface area contributed by atoms with Crippen LogP contribution >= 0.6 is 0 Å². The molecule has 4 rings (SSSR count). The highest BCUT2D eigenvalue weighted by Crippen LogP contribution is 2.54. The second-order valence-electron chi connectivity index (χ2n) is 7.63. The van der Waals surface area contributed by atoms with Crippen molar-refractivity contribution in [2.75, 3.05) is 25.0 Å². The molecule has 3 amide bonds. The molecular weight excluding hydrogens is 373 g/mol. The number of hydrogen-bond acceptors (Lipinski definition) is 3. The Morgan fingerprint density at radius 1 is 1.14 bits per heavy atom. The Hall–Kier alpha value is -2.93. The fourth-order valence-corrected chi connectivity index (χ4v) is 4.75. The number of rotatable bonds is 4. The second-order valence-corrected chi connectivity index (χ2v) is 7.63. The Morgan fingerprint density at radius 3 is 2.41 bits per heavy atom. The van der Waals surface area contributed by atoms with Gasteiger partial charge in [-0.1, -0.05) is 49.4 Å². The number of aliphatic hydroxyl groups excluding tert-OH is 1. The number of urea groups is 1. The number of para-hydroxylation sites is 1. The summed E-state index contributed by atoms with van der Waals surface area (Å²) in [4.78, 5) is 28.5. The SMILES string of the molecule is CCC(=O)N1[C@H](CO)[C@H](c2ccccc2)C12CN(C(=O)Nc1ccccc1F)C2. The average Bonchev–Trinajstić information content (AvgIpc) is 2.69. The Kier molecular flexibility index (Phi) is 5.00. The van der Waals surface area contributed by atoms with E-state index >= 15 is 0 Å². The van der Waals surface area contributed by atoms with Gasteiger partial charge < -0.3 is 20.2 Å². The van der Waals surface area contributed by atoms with Crippen LogP contribution in [0.25, 0.3) is 0 Å². The van der Waals surface area contributed by atoms with Crippen LogP contribution < -0.4 is 5.32 Å². The zero-order chi connectivity index (χ0) is 20.6. The minimum atomic E-state index is -0.533. The third-order valence-corrected chi connectivity index (χ3v) is 6.02. The predicted octanol–water partition coefficient (Wildman–Crippen LogP) is 2.81. The molecule has 0 saturated carbocycles. The van der Waals surface area contributed by atoms with Crippen molar-refractivity contribution in [2.45, 2.75) is 30.8 Å². The molecule has 2 aromatic carbocycles. The smallest absolute Gasteiger partial charge is 0.322 e. The number of nitrogens with one attached hydrogen (secondary N) is 1. The summed E-state index contributed by atoms with van der Waals surface area (Å²) in [6.07, 6.45) is 0.335. The molecule has 6 nitrogen and oxygen atoms in total. The first-order valence-corrected chi connectivity index (χ1v) is 9.80. The molecule has 0 bridgehead atoms. The van der Waals surface area contributed by atoms with Gasteiger partial charge in [-0.05, 0) is 17.7 Å². The van der Waals surface area contributed by atoms with E-state index in [0.717, 1.165) is 5.56 Å². The highest BCUT2D eigenvalue weighted by molar-refractivity contribution is 5.91. The summed E-state index contributed by atoms with van der Waals surface area (Å²) in [7, 11) is 0. The van der Waals surface area contributed by atoms with Crippen molar-refractivity contribution < 1.29 is 19.1 Å². The maximum Gasteiger partial charge on any atom is 0.322 e. The van der Waals surface area contributed by atoms with E-state index in [9.17, 15) is 19.1 Å². The molecule has 1 spiro atoms. The fourth-order valence-electron chi connectivity index (χ4n) is 4.75. The summed E-state index contributed by atoms with van der Waals surface area (Å²) < 4.78 is 13.8. The number of amides is 3. The van der Waals surface area contributed by atoms with Gasteiger partial charge in [0, 0.05) is 25.4 Å². The lowest BCUT2D eigenvalue weighted by molar-refractivity contribution is -0.192. The van der Waals surface area contributed by atoms with E-state index in [0.29, 0.717) is 19.5 Å². The van der Waals surface area contributed by atoms with Crippen LogP contribution in [-0.2, 0) is 4.79 Å². The van der Waals surface area contributed by atoms with Crippen LogP contribution in [0.3, 0.4) is 0 Å². The van der Waals surface area contributed by atoms with Crippen molar-refractivity contribution in [3.8, 4) is 0 Å². The van der Waals surface area contributed by atoms with Gasteiger partial charge in [0.1, 0.15) is 5.82 Å². The quantitative estimate of drug-likeness (QED) is 0.833. The molecule has 7 heteroatoms. The van der Waals surface area contributed by atoms with Gasteiger partial charge in [0.2, 0.25) is 5.91 Å². The summed E-state index contributed by atoms with van der Waals surface area (Å²) in [5, 5.41) is 12.6. The number of halogens is 1. The van der Waals surface area contributed by atoms with E-state index in [1.165, 1.54) is 12.1 Å². The molecular formula is C22H24FN3O3. The highest BCUT2D eigenvalue weighted by Gasteiger charge is 2.67. The van der Waals surface area contributed by atoms with Crippen molar-refractivity contribution in [2.24, 2.45) is 0 Å². The fraction of sp³-hybridized carbons (Fsp3) is 0.364. The minimum Gasteiger partial charge on any atom is -0.394 e. The first kappa shape index (κ1) is 19.4. The largest absolute Gasteiger partial charge is 0.394 e. The number of likely N-dealkylation sites (tertiary alicyclic amines) is 2. The van der Waals surface area contributed by atoms with Gasteiger partial charge in [-0.25, -0.2) is 9.18 Å². The second kappa shape index (κ2) is 7.48. The Morgan fingerprint density at radius 2 is 1.79 bits per heavy atom. The molecule has 2 heterocycles. The lowest BCUT2D eigenvalue weighted by Crippen LogP contribution is -2.86. The van der Waals surface area contributed by atoms with E-state index in [2.05, 4.69) is 5.32 Å². The van der Waals surface area contributed by atoms with Gasteiger partial charge in [0.15, 0.2) is 0 Å². The molecule has 2 aliphatic heterocycles. The number of benzene rings is 2. The number of hydrogen-bond donors (Lipinski definition) is 2. The van der Waals surface area contributed by atoms with E-state index in [4.69, 9.17) is 0 Å². The van der Waals surface area contributed by atoms with Crippen molar-refractivity contribution in [3.63, 3.8) is 0 Å². The molecule has 2 aliphatic rings. The highest BCUT2D eigenvalue weighted by atomic mass is 19.1. The number of anilines is 1. The lowest BCUT2D eigenvalue weighted by atomic mass is 9.60. The normalized spacial score (nSPS) is 22.0. The summed E-state index contributed by atoms with van der Waals surface area (Å²) in [5.41, 5.74) is 0.635. The van der Waals surface area contributed by atoms with Gasteiger partial charge >= 0.3 is 6.03 Å². The zero-order valence-corrected chi connectivity index (χ0v) is 16.2. The topological polar surface area (TPSA) is 72.9 Å². The molecule has 152 valence electrons. The third-order valence-electron chi connectivity index (χ3n) is 6.02. The predicted molar refractivity (Wildman–Crippen MR) is 107 cm³/mol. The van der Waals surface area contributed by atoms with Gasteiger partial charge in [-0.2, -0.15) is 0 Å². The number of carbonyl (C=O) groups is 2. The molecule has 2 saturated heterocycles. The standard InChI is InChI=1S/C22H24FN3O3/c1-2-19(28)26-18(12-27)20(15-8-4-3-5-9-15)22(26)13-25(14-22)21(29)24-17-11-7-6-10-16(17)23/h3-11,18,20,27H,2,12-14H2,1H3,(H,24,29)/t18-,20+/m1/s1. The van der Waals surface area contributed by atoms with Crippen LogP contribution in [0.2, 0.25) is 0 Å². The number of nitrogens with zero attached hydrogens (tertiary/aromatic N) is 2. The van der Waals surface area contributed by atoms with Gasteiger partial charge in [-0.3, -0.25) is 4.79 Å². The molecule has 0 radical (unpaired) electrons. The van der Waals surface area contributed by atoms with Gasteiger partial charge in [0.25, 0.3) is 0 Å². The molecule has 0 aromatic heterocycles. The van der Waals surface area contributed by atoms with Crippen LogP contribution in [0.4, 0.5) is 14.9 Å². The van der Waals surface area contributed by atoms with Crippen LogP contribution in [0.15, 0.2) is 54.6 Å². The molecule has 2 fully saturated rings. The van der Waals surface area contributed by atoms with E-state index < -0.39 is 17.4 Å². The van der Waals surface area contributed by atoms with Crippen molar-refractivity contribution in [1.82, 2.24) is 9.80 Å². The Balaban J connectivity index is 1.55. The van der Waals surface area contributed by atoms with Crippen LogP contribution in [0.5, 0.6) is 0 Å². The lowest BCUT2D eigenvalue weighted by Gasteiger charge is -2.70. The molecule has 0 aliphatic carbocycles. The molecule has 29 heavy (non-hydrogen) atoms. The van der Waals surface area contributed by atoms with Crippen LogP contribution in [0, 0.1) is 5.82 Å². The van der Waals surface area contributed by atoms with Crippen molar-refractivity contribution in [3.05, 3.63) is 66.0 Å². The summed E-state index contributed by atoms with van der Waals surface area (Å²) in [6.45, 7) is 2.35. The average molecular weight is 397 g/mol. The van der Waals surface area contributed by atoms with Crippen molar-refractivity contribution >= 4 is 17.6 Å². The van der Waals surface area contributed by atoms with Crippen molar-refractivity contribution in [1.29, 1.82) is 0 Å². The molecule has 2 N–H and O–H groups in total. The maximum absolute atomic E-state index is 13.8. The Labute approximate surface area is 168 Å². The zero-order valence-electron chi connectivity index (χ0n) is 16.2. The van der Waals surface area contributed by atoms with Gasteiger partial charge in [-0.15, -0.1) is 0 Å². The van der Waals surface area contributed by atoms with E-state index in [-0.39, 0.29) is 30.2 Å². The first-order valence-electron chi connectivity index (χ1n) is 9.80. The van der Waals surface area contributed by atoms with E-state index in [1.54, 1.807) is 28.9 Å². The van der Waals surface area contributed by atoms with Crippen LogP contribution in [0.1, 0.15) is 24.8 Å². The third kappa shape index (κ3) is 3.06. The maximum atomic E-state index is 13.8. The number of carbonyl (C=O) groups excluding carboxylic acids is 2. The summed E-state index contributed by atoms with van der Waals surface area (Å²) >= 11 is 0. The molecule has 0 unspecified atom stereocenters. The van der Waals surface area contributed by atoms with E-state index in [1.807, 2.05) is 30.3 Å².